The molecule has 2 aromatic heterocycles. The molecule has 0 fully saturated rings. The lowest BCUT2D eigenvalue weighted by molar-refractivity contribution is -0.114. The second kappa shape index (κ2) is 9.19. The van der Waals surface area contributed by atoms with Gasteiger partial charge in [0.1, 0.15) is 16.2 Å². The van der Waals surface area contributed by atoms with Crippen LogP contribution < -0.4 is 10.6 Å². The average molecular weight is 469 g/mol. The number of fused-ring (bicyclic) bond motifs is 3. The van der Waals surface area contributed by atoms with Crippen molar-refractivity contribution in [2.75, 3.05) is 16.4 Å². The summed E-state index contributed by atoms with van der Waals surface area (Å²) in [5.41, 5.74) is 2.97. The first kappa shape index (κ1) is 22.7. The molecule has 1 aliphatic carbocycles. The predicted octanol–water partition coefficient (Wildman–Crippen LogP) is 5.53. The Morgan fingerprint density at radius 1 is 1.19 bits per heavy atom. The van der Waals surface area contributed by atoms with E-state index >= 15 is 0 Å². The Labute approximate surface area is 196 Å². The molecule has 2 heterocycles. The van der Waals surface area contributed by atoms with Crippen molar-refractivity contribution in [2.24, 2.45) is 11.3 Å². The molecule has 4 rings (SSSR count). The van der Waals surface area contributed by atoms with E-state index in [1.54, 1.807) is 41.9 Å². The number of amides is 2. The molecule has 1 aromatic carbocycles. The maximum atomic E-state index is 12.6. The van der Waals surface area contributed by atoms with Crippen molar-refractivity contribution in [2.45, 2.75) is 52.0 Å². The van der Waals surface area contributed by atoms with Crippen LogP contribution in [0.3, 0.4) is 0 Å². The van der Waals surface area contributed by atoms with Gasteiger partial charge in [0, 0.05) is 28.6 Å². The van der Waals surface area contributed by atoms with E-state index in [4.69, 9.17) is 0 Å². The third kappa shape index (κ3) is 5.13. The molecular formula is C24H28N4O2S2. The summed E-state index contributed by atoms with van der Waals surface area (Å²) in [7, 11) is 0. The van der Waals surface area contributed by atoms with Crippen molar-refractivity contribution in [3.05, 3.63) is 41.0 Å². The molecule has 168 valence electrons. The van der Waals surface area contributed by atoms with Gasteiger partial charge in [-0.2, -0.15) is 0 Å². The number of thioether (sulfide) groups is 1. The molecule has 0 aliphatic heterocycles. The summed E-state index contributed by atoms with van der Waals surface area (Å²) in [4.78, 5) is 35.3. The van der Waals surface area contributed by atoms with Gasteiger partial charge in [-0.25, -0.2) is 9.97 Å². The van der Waals surface area contributed by atoms with Gasteiger partial charge in [-0.05, 0) is 54.4 Å². The minimum Gasteiger partial charge on any atom is -0.326 e. The van der Waals surface area contributed by atoms with Crippen molar-refractivity contribution in [3.8, 4) is 0 Å². The molecule has 0 saturated carbocycles. The highest BCUT2D eigenvalue weighted by Crippen LogP contribution is 2.44. The van der Waals surface area contributed by atoms with Crippen LogP contribution >= 0.6 is 23.1 Å². The van der Waals surface area contributed by atoms with Gasteiger partial charge < -0.3 is 10.6 Å². The smallest absolute Gasteiger partial charge is 0.234 e. The summed E-state index contributed by atoms with van der Waals surface area (Å²) in [6, 6.07) is 7.13. The fourth-order valence-electron chi connectivity index (χ4n) is 4.14. The number of nitrogens with zero attached hydrogens (tertiary/aromatic N) is 2. The van der Waals surface area contributed by atoms with E-state index in [1.165, 1.54) is 35.5 Å². The Hall–Kier alpha value is -2.45. The number of hydrogen-bond donors (Lipinski definition) is 2. The van der Waals surface area contributed by atoms with Crippen molar-refractivity contribution >= 4 is 56.5 Å². The summed E-state index contributed by atoms with van der Waals surface area (Å²) in [5, 5.41) is 7.63. The zero-order valence-electron chi connectivity index (χ0n) is 18.8. The summed E-state index contributed by atoms with van der Waals surface area (Å²) in [6.45, 7) is 8.42. The van der Waals surface area contributed by atoms with E-state index in [-0.39, 0.29) is 17.6 Å². The average Bonchev–Trinajstić information content (AvgIpc) is 3.10. The van der Waals surface area contributed by atoms with Crippen LogP contribution in [-0.2, 0) is 22.4 Å². The molecular weight excluding hydrogens is 440 g/mol. The zero-order chi connectivity index (χ0) is 22.9. The minimum absolute atomic E-state index is 0.112. The lowest BCUT2D eigenvalue weighted by Gasteiger charge is -2.33. The highest BCUT2D eigenvalue weighted by Gasteiger charge is 2.31. The number of aryl methyl sites for hydroxylation is 1. The molecule has 3 aromatic rings. The SMILES string of the molecule is CC(=O)Nc1cccc(NC(=O)CSc2ncnc3sc4c(c23)CC[C@@H](C(C)(C)C)C4)c1. The third-order valence-electron chi connectivity index (χ3n) is 5.84. The van der Waals surface area contributed by atoms with Gasteiger partial charge in [0.2, 0.25) is 11.8 Å². The first-order valence-electron chi connectivity index (χ1n) is 10.8. The second-order valence-corrected chi connectivity index (χ2v) is 11.3. The topological polar surface area (TPSA) is 84.0 Å². The standard InChI is InChI=1S/C24H28N4O2S2/c1-14(29)27-16-6-5-7-17(11-16)28-20(30)12-31-22-21-18-9-8-15(24(2,3)4)10-19(18)32-23(21)26-13-25-22/h5-7,11,13,15H,8-10,12H2,1-4H3,(H,27,29)(H,28,30)/t15-/m1/s1. The number of aromatic nitrogens is 2. The first-order chi connectivity index (χ1) is 15.2. The molecule has 8 heteroatoms. The fraction of sp³-hybridized carbons (Fsp3) is 0.417. The molecule has 0 radical (unpaired) electrons. The van der Waals surface area contributed by atoms with Crippen molar-refractivity contribution in [3.63, 3.8) is 0 Å². The number of nitrogens with one attached hydrogen (secondary N) is 2. The van der Waals surface area contributed by atoms with E-state index in [1.807, 2.05) is 0 Å². The van der Waals surface area contributed by atoms with E-state index in [0.717, 1.165) is 28.1 Å². The van der Waals surface area contributed by atoms with Crippen LogP contribution in [0.4, 0.5) is 11.4 Å². The van der Waals surface area contributed by atoms with Crippen LogP contribution in [0.1, 0.15) is 44.6 Å². The summed E-state index contributed by atoms with van der Waals surface area (Å²) >= 11 is 3.23. The van der Waals surface area contributed by atoms with Gasteiger partial charge >= 0.3 is 0 Å². The van der Waals surface area contributed by atoms with Gasteiger partial charge in [-0.15, -0.1) is 11.3 Å². The molecule has 0 unspecified atom stereocenters. The first-order valence-corrected chi connectivity index (χ1v) is 12.6. The van der Waals surface area contributed by atoms with E-state index in [9.17, 15) is 9.59 Å². The van der Waals surface area contributed by atoms with Crippen molar-refractivity contribution < 1.29 is 9.59 Å². The minimum atomic E-state index is -0.148. The van der Waals surface area contributed by atoms with Crippen LogP contribution in [0.15, 0.2) is 35.6 Å². The molecule has 0 spiro atoms. The number of carbonyl (C=O) groups is 2. The Kier molecular flexibility index (Phi) is 6.53. The number of benzene rings is 1. The second-order valence-electron chi connectivity index (χ2n) is 9.27. The molecule has 2 N–H and O–H groups in total. The van der Waals surface area contributed by atoms with Gasteiger partial charge in [0.05, 0.1) is 5.75 Å². The number of carbonyl (C=O) groups excluding carboxylic acids is 2. The lowest BCUT2D eigenvalue weighted by atomic mass is 9.72. The van der Waals surface area contributed by atoms with Crippen LogP contribution in [-0.4, -0.2) is 27.5 Å². The Balaban J connectivity index is 1.47. The third-order valence-corrected chi connectivity index (χ3v) is 7.99. The molecule has 0 bridgehead atoms. The van der Waals surface area contributed by atoms with E-state index in [2.05, 4.69) is 41.4 Å². The number of anilines is 2. The number of rotatable bonds is 5. The Morgan fingerprint density at radius 3 is 2.66 bits per heavy atom. The summed E-state index contributed by atoms with van der Waals surface area (Å²) < 4.78 is 0. The molecule has 1 atom stereocenters. The molecule has 6 nitrogen and oxygen atoms in total. The predicted molar refractivity (Wildman–Crippen MR) is 132 cm³/mol. The molecule has 32 heavy (non-hydrogen) atoms. The van der Waals surface area contributed by atoms with Gasteiger partial charge in [-0.3, -0.25) is 9.59 Å². The summed E-state index contributed by atoms with van der Waals surface area (Å²) in [6.07, 6.45) is 4.91. The lowest BCUT2D eigenvalue weighted by Crippen LogP contribution is -2.26. The number of thiophene rings is 1. The van der Waals surface area contributed by atoms with Gasteiger partial charge in [0.25, 0.3) is 0 Å². The molecule has 2 amide bonds. The van der Waals surface area contributed by atoms with Gasteiger partial charge in [-0.1, -0.05) is 38.6 Å². The maximum absolute atomic E-state index is 12.6. The fourth-order valence-corrected chi connectivity index (χ4v) is 6.30. The molecule has 1 aliphatic rings. The highest BCUT2D eigenvalue weighted by atomic mass is 32.2. The van der Waals surface area contributed by atoms with E-state index in [0.29, 0.717) is 22.7 Å². The van der Waals surface area contributed by atoms with Crippen LogP contribution in [0, 0.1) is 11.3 Å². The molecule has 0 saturated heterocycles. The van der Waals surface area contributed by atoms with Crippen LogP contribution in [0.2, 0.25) is 0 Å². The summed E-state index contributed by atoms with van der Waals surface area (Å²) in [5.74, 6) is 0.667. The quantitative estimate of drug-likeness (QED) is 0.380. The zero-order valence-corrected chi connectivity index (χ0v) is 20.5. The van der Waals surface area contributed by atoms with Crippen LogP contribution in [0.5, 0.6) is 0 Å². The van der Waals surface area contributed by atoms with E-state index < -0.39 is 0 Å². The van der Waals surface area contributed by atoms with Gasteiger partial charge in [0.15, 0.2) is 0 Å². The largest absolute Gasteiger partial charge is 0.326 e. The van der Waals surface area contributed by atoms with Crippen molar-refractivity contribution in [1.29, 1.82) is 0 Å². The highest BCUT2D eigenvalue weighted by molar-refractivity contribution is 8.00. The van der Waals surface area contributed by atoms with Crippen LogP contribution in [0.25, 0.3) is 10.2 Å². The normalized spacial score (nSPS) is 15.9. The van der Waals surface area contributed by atoms with Crippen molar-refractivity contribution in [1.82, 2.24) is 9.97 Å². The Bertz CT molecular complexity index is 1170. The number of hydrogen-bond acceptors (Lipinski definition) is 6. The maximum Gasteiger partial charge on any atom is 0.234 e. The monoisotopic (exact) mass is 468 g/mol. The Morgan fingerprint density at radius 2 is 1.94 bits per heavy atom.